The molecule has 4 heteroatoms. The molecule has 0 amide bonds. The number of hydrogen-bond acceptors (Lipinski definition) is 4. The Morgan fingerprint density at radius 1 is 1.57 bits per heavy atom. The Bertz CT molecular complexity index is 286. The highest BCUT2D eigenvalue weighted by molar-refractivity contribution is 6.27. The molecular formula is C10H14N2O2. The first-order chi connectivity index (χ1) is 6.81. The first-order valence-corrected chi connectivity index (χ1v) is 5.00. The van der Waals surface area contributed by atoms with Crippen LogP contribution in [0.1, 0.15) is 19.3 Å². The van der Waals surface area contributed by atoms with Crippen molar-refractivity contribution < 1.29 is 9.59 Å². The molecule has 0 aromatic carbocycles. The molecule has 4 nitrogen and oxygen atoms in total. The number of hydrogen-bond donors (Lipinski definition) is 2. The van der Waals surface area contributed by atoms with Gasteiger partial charge < -0.3 is 5.32 Å². The van der Waals surface area contributed by atoms with Crippen LogP contribution in [0.25, 0.3) is 0 Å². The second-order valence-electron chi connectivity index (χ2n) is 3.76. The third kappa shape index (κ3) is 1.70. The van der Waals surface area contributed by atoms with E-state index in [0.29, 0.717) is 12.8 Å². The zero-order valence-corrected chi connectivity index (χ0v) is 7.95. The summed E-state index contributed by atoms with van der Waals surface area (Å²) in [6.45, 7) is 0.528. The van der Waals surface area contributed by atoms with E-state index in [1.54, 1.807) is 0 Å². The van der Waals surface area contributed by atoms with Crippen molar-refractivity contribution in [2.45, 2.75) is 31.3 Å². The molecule has 1 unspecified atom stereocenters. The van der Waals surface area contributed by atoms with E-state index in [1.807, 2.05) is 0 Å². The van der Waals surface area contributed by atoms with E-state index >= 15 is 0 Å². The fraction of sp³-hybridized carbons (Fsp3) is 0.600. The number of fused-ring (bicyclic) bond motifs is 1. The zero-order chi connectivity index (χ0) is 9.97. The van der Waals surface area contributed by atoms with E-state index in [1.165, 1.54) is 5.70 Å². The fourth-order valence-electron chi connectivity index (χ4n) is 2.03. The number of carbonyl (C=O) groups excluding carboxylic acids is 2. The van der Waals surface area contributed by atoms with Crippen molar-refractivity contribution >= 4 is 12.1 Å². The maximum absolute atomic E-state index is 11.2. The maximum atomic E-state index is 11.2. The lowest BCUT2D eigenvalue weighted by Crippen LogP contribution is -2.57. The summed E-state index contributed by atoms with van der Waals surface area (Å²) in [5.41, 5.74) is 1.19. The molecule has 1 aliphatic heterocycles. The van der Waals surface area contributed by atoms with Crippen LogP contribution in [0.3, 0.4) is 0 Å². The number of ketones is 1. The summed E-state index contributed by atoms with van der Waals surface area (Å²) in [4.78, 5) is 21.5. The van der Waals surface area contributed by atoms with Gasteiger partial charge in [-0.1, -0.05) is 6.08 Å². The number of carbonyl (C=O) groups is 2. The average Bonchev–Trinajstić information content (AvgIpc) is 2.27. The zero-order valence-electron chi connectivity index (χ0n) is 7.95. The summed E-state index contributed by atoms with van der Waals surface area (Å²) < 4.78 is 0. The van der Waals surface area contributed by atoms with Gasteiger partial charge in [0.15, 0.2) is 6.29 Å². The Morgan fingerprint density at radius 3 is 3.21 bits per heavy atom. The first-order valence-electron chi connectivity index (χ1n) is 5.00. The van der Waals surface area contributed by atoms with E-state index in [-0.39, 0.29) is 17.9 Å². The average molecular weight is 194 g/mol. The number of Topliss-reactive ketones (excluding diaryl/α,β-unsaturated/α-hetero) is 1. The van der Waals surface area contributed by atoms with E-state index in [2.05, 4.69) is 16.7 Å². The largest absolute Gasteiger partial charge is 0.385 e. The van der Waals surface area contributed by atoms with Gasteiger partial charge in [0.2, 0.25) is 5.78 Å². The first kappa shape index (κ1) is 9.40. The lowest BCUT2D eigenvalue weighted by molar-refractivity contribution is -0.131. The second-order valence-corrected chi connectivity index (χ2v) is 3.76. The molecule has 1 saturated heterocycles. The second kappa shape index (κ2) is 3.92. The molecule has 1 heterocycles. The van der Waals surface area contributed by atoms with E-state index in [4.69, 9.17) is 0 Å². The summed E-state index contributed by atoms with van der Waals surface area (Å²) in [5.74, 6) is -0.359. The molecule has 2 rings (SSSR count). The van der Waals surface area contributed by atoms with Crippen LogP contribution in [0.2, 0.25) is 0 Å². The van der Waals surface area contributed by atoms with Crippen LogP contribution in [-0.2, 0) is 9.59 Å². The number of nitrogens with one attached hydrogen (secondary N) is 2. The van der Waals surface area contributed by atoms with Crippen molar-refractivity contribution in [3.63, 3.8) is 0 Å². The van der Waals surface area contributed by atoms with Crippen LogP contribution in [0.5, 0.6) is 0 Å². The lowest BCUT2D eigenvalue weighted by Gasteiger charge is -2.35. The molecule has 0 aromatic rings. The van der Waals surface area contributed by atoms with Crippen molar-refractivity contribution in [3.8, 4) is 0 Å². The normalized spacial score (nSPS) is 31.0. The predicted octanol–water partition coefficient (Wildman–Crippen LogP) is -0.248. The monoisotopic (exact) mass is 194 g/mol. The van der Waals surface area contributed by atoms with Crippen molar-refractivity contribution in [1.82, 2.24) is 10.6 Å². The molecular weight excluding hydrogens is 180 g/mol. The molecule has 0 bridgehead atoms. The van der Waals surface area contributed by atoms with E-state index in [9.17, 15) is 9.59 Å². The molecule has 2 N–H and O–H groups in total. The number of rotatable bonds is 2. The van der Waals surface area contributed by atoms with Crippen LogP contribution in [-0.4, -0.2) is 30.7 Å². The number of piperazine rings is 1. The van der Waals surface area contributed by atoms with Crippen LogP contribution in [0.15, 0.2) is 11.8 Å². The summed E-state index contributed by atoms with van der Waals surface area (Å²) in [6.07, 6.45) is 5.86. The lowest BCUT2D eigenvalue weighted by atomic mass is 9.95. The van der Waals surface area contributed by atoms with Crippen LogP contribution in [0, 0.1) is 0 Å². The van der Waals surface area contributed by atoms with Crippen LogP contribution in [0.4, 0.5) is 0 Å². The Kier molecular flexibility index (Phi) is 2.63. The predicted molar refractivity (Wildman–Crippen MR) is 51.7 cm³/mol. The van der Waals surface area contributed by atoms with Crippen molar-refractivity contribution in [1.29, 1.82) is 0 Å². The van der Waals surface area contributed by atoms with Crippen molar-refractivity contribution in [2.24, 2.45) is 0 Å². The molecule has 14 heavy (non-hydrogen) atoms. The minimum Gasteiger partial charge on any atom is -0.385 e. The van der Waals surface area contributed by atoms with Gasteiger partial charge in [0, 0.05) is 18.3 Å². The quantitative estimate of drug-likeness (QED) is 0.470. The maximum Gasteiger partial charge on any atom is 0.213 e. The fourth-order valence-corrected chi connectivity index (χ4v) is 2.03. The van der Waals surface area contributed by atoms with Gasteiger partial charge in [0.25, 0.3) is 0 Å². The summed E-state index contributed by atoms with van der Waals surface area (Å²) in [6, 6.07) is -0.0980. The van der Waals surface area contributed by atoms with E-state index in [0.717, 1.165) is 19.3 Å². The summed E-state index contributed by atoms with van der Waals surface area (Å²) in [5, 5.41) is 6.40. The Balaban J connectivity index is 2.03. The third-order valence-electron chi connectivity index (χ3n) is 2.81. The van der Waals surface area contributed by atoms with Gasteiger partial charge in [-0.25, -0.2) is 0 Å². The van der Waals surface area contributed by atoms with Gasteiger partial charge in [0.05, 0.1) is 6.04 Å². The van der Waals surface area contributed by atoms with Crippen LogP contribution >= 0.6 is 0 Å². The minimum atomic E-state index is -0.359. The number of allylic oxidation sites excluding steroid dienone is 1. The Labute approximate surface area is 82.7 Å². The molecule has 0 aromatic heterocycles. The van der Waals surface area contributed by atoms with Gasteiger partial charge >= 0.3 is 0 Å². The molecule has 0 radical (unpaired) electrons. The third-order valence-corrected chi connectivity index (χ3v) is 2.81. The molecule has 0 spiro atoms. The number of aldehydes is 1. The van der Waals surface area contributed by atoms with Crippen molar-refractivity contribution in [2.75, 3.05) is 6.54 Å². The molecule has 76 valence electrons. The minimum absolute atomic E-state index is 0.242. The molecule has 1 aliphatic carbocycles. The topological polar surface area (TPSA) is 58.2 Å². The Hall–Kier alpha value is -1.16. The van der Waals surface area contributed by atoms with E-state index < -0.39 is 0 Å². The van der Waals surface area contributed by atoms with Gasteiger partial charge in [0.1, 0.15) is 0 Å². The molecule has 1 fully saturated rings. The standard InChI is InChI=1S/C10H14N2O2/c13-6-10(14)9-5-11-7-3-1-2-4-8(7)12-9/h3,6,8-9,11-12H,1-2,4-5H2/t8-,9?/m1/s1. The van der Waals surface area contributed by atoms with Gasteiger partial charge in [-0.2, -0.15) is 0 Å². The molecule has 0 saturated carbocycles. The summed E-state index contributed by atoms with van der Waals surface area (Å²) in [7, 11) is 0. The SMILES string of the molecule is O=CC(=O)C1CNC2=CCCC[C@H]2N1. The highest BCUT2D eigenvalue weighted by Crippen LogP contribution is 2.19. The van der Waals surface area contributed by atoms with Gasteiger partial charge in [-0.3, -0.25) is 14.9 Å². The molecule has 2 aliphatic rings. The highest BCUT2D eigenvalue weighted by Gasteiger charge is 2.29. The Morgan fingerprint density at radius 2 is 2.43 bits per heavy atom. The smallest absolute Gasteiger partial charge is 0.213 e. The van der Waals surface area contributed by atoms with Crippen molar-refractivity contribution in [3.05, 3.63) is 11.8 Å². The highest BCUT2D eigenvalue weighted by atomic mass is 16.2. The van der Waals surface area contributed by atoms with Crippen LogP contribution < -0.4 is 10.6 Å². The van der Waals surface area contributed by atoms with Gasteiger partial charge in [-0.15, -0.1) is 0 Å². The molecule has 2 atom stereocenters. The van der Waals surface area contributed by atoms with Gasteiger partial charge in [-0.05, 0) is 19.3 Å². The summed E-state index contributed by atoms with van der Waals surface area (Å²) >= 11 is 0.